The lowest BCUT2D eigenvalue weighted by Crippen LogP contribution is -2.42. The van der Waals surface area contributed by atoms with E-state index in [0.717, 1.165) is 14.9 Å². The Morgan fingerprint density at radius 1 is 1.20 bits per heavy atom. The van der Waals surface area contributed by atoms with Crippen LogP contribution in [-0.2, 0) is 17.9 Å². The maximum atomic E-state index is 12.5. The number of carbonyl (C=O) groups is 1. The summed E-state index contributed by atoms with van der Waals surface area (Å²) in [5.74, 6) is -0.705. The van der Waals surface area contributed by atoms with Crippen molar-refractivity contribution in [1.82, 2.24) is 24.9 Å². The van der Waals surface area contributed by atoms with E-state index < -0.39 is 5.76 Å². The molecule has 30 heavy (non-hydrogen) atoms. The number of rotatable bonds is 7. The van der Waals surface area contributed by atoms with Crippen molar-refractivity contribution in [1.29, 1.82) is 0 Å². The van der Waals surface area contributed by atoms with E-state index in [9.17, 15) is 14.4 Å². The Hall–Kier alpha value is -3.53. The summed E-state index contributed by atoms with van der Waals surface area (Å²) in [6.45, 7) is 1.83. The third kappa shape index (κ3) is 4.08. The molecule has 4 aromatic rings. The molecule has 0 bridgehead atoms. The van der Waals surface area contributed by atoms with Gasteiger partial charge in [0.1, 0.15) is 6.54 Å². The lowest BCUT2D eigenvalue weighted by atomic mass is 10.2. The molecule has 0 saturated carbocycles. The molecule has 154 valence electrons. The number of fused-ring (bicyclic) bond motifs is 1. The summed E-state index contributed by atoms with van der Waals surface area (Å²) in [6, 6.07) is 10.4. The van der Waals surface area contributed by atoms with Gasteiger partial charge in [-0.25, -0.2) is 9.48 Å². The Kier molecular flexibility index (Phi) is 5.57. The van der Waals surface area contributed by atoms with Crippen LogP contribution in [0.2, 0.25) is 0 Å². The van der Waals surface area contributed by atoms with E-state index in [1.807, 2.05) is 30.5 Å². The Labute approximate surface area is 174 Å². The fraction of sp³-hybridized carbons (Fsp3) is 0.250. The van der Waals surface area contributed by atoms with Crippen LogP contribution in [-0.4, -0.2) is 31.5 Å². The van der Waals surface area contributed by atoms with Gasteiger partial charge in [-0.2, -0.15) is 9.78 Å². The van der Waals surface area contributed by atoms with E-state index >= 15 is 0 Å². The molecule has 3 aromatic heterocycles. The first-order valence-electron chi connectivity index (χ1n) is 9.41. The van der Waals surface area contributed by atoms with Gasteiger partial charge in [0.25, 0.3) is 11.4 Å². The van der Waals surface area contributed by atoms with E-state index in [1.165, 1.54) is 16.0 Å². The van der Waals surface area contributed by atoms with Crippen molar-refractivity contribution in [2.75, 3.05) is 0 Å². The number of nitrogens with one attached hydrogen (secondary N) is 1. The van der Waals surface area contributed by atoms with Crippen LogP contribution in [0.4, 0.5) is 0 Å². The van der Waals surface area contributed by atoms with Gasteiger partial charge in [0.15, 0.2) is 0 Å². The number of amides is 1. The molecule has 0 fully saturated rings. The first-order chi connectivity index (χ1) is 14.5. The minimum atomic E-state index is -0.585. The van der Waals surface area contributed by atoms with E-state index in [0.29, 0.717) is 11.8 Å². The molecule has 0 aliphatic heterocycles. The van der Waals surface area contributed by atoms with Crippen LogP contribution in [0, 0.1) is 0 Å². The Morgan fingerprint density at radius 2 is 2.03 bits per heavy atom. The van der Waals surface area contributed by atoms with Crippen molar-refractivity contribution in [3.8, 4) is 10.8 Å². The quantitative estimate of drug-likeness (QED) is 0.484. The minimum Gasteiger partial charge on any atom is -0.387 e. The lowest BCUT2D eigenvalue weighted by molar-refractivity contribution is -0.122. The van der Waals surface area contributed by atoms with Crippen molar-refractivity contribution in [2.45, 2.75) is 32.5 Å². The first-order valence-corrected chi connectivity index (χ1v) is 10.3. The zero-order valence-electron chi connectivity index (χ0n) is 16.1. The average molecular weight is 425 g/mol. The molecule has 0 radical (unpaired) electrons. The zero-order chi connectivity index (χ0) is 21.1. The Morgan fingerprint density at radius 3 is 2.80 bits per heavy atom. The van der Waals surface area contributed by atoms with E-state index in [4.69, 9.17) is 4.42 Å². The number of aromatic nitrogens is 4. The zero-order valence-corrected chi connectivity index (χ0v) is 17.0. The Bertz CT molecular complexity index is 1290. The first kappa shape index (κ1) is 19.8. The van der Waals surface area contributed by atoms with Gasteiger partial charge in [-0.3, -0.25) is 9.59 Å². The van der Waals surface area contributed by atoms with Crippen molar-refractivity contribution in [3.05, 3.63) is 68.9 Å². The number of nitrogens with zero attached hydrogens (tertiary/aromatic N) is 4. The summed E-state index contributed by atoms with van der Waals surface area (Å²) < 4.78 is 7.53. The van der Waals surface area contributed by atoms with Crippen molar-refractivity contribution >= 4 is 28.0 Å². The smallest absolute Gasteiger partial charge is 0.387 e. The SMILES string of the molecule is CC[C@@H](Cn1nc(-c2cccs2)oc1=O)NC(=O)Cn1ncc2ccccc2c1=O. The number of carbonyl (C=O) groups excluding carboxylic acids is 1. The fourth-order valence-corrected chi connectivity index (χ4v) is 3.70. The van der Waals surface area contributed by atoms with Crippen LogP contribution in [0.1, 0.15) is 13.3 Å². The van der Waals surface area contributed by atoms with E-state index in [1.54, 1.807) is 24.4 Å². The third-order valence-electron chi connectivity index (χ3n) is 4.64. The maximum Gasteiger partial charge on any atom is 0.437 e. The highest BCUT2D eigenvalue weighted by Gasteiger charge is 2.17. The molecule has 1 N–H and O–H groups in total. The van der Waals surface area contributed by atoms with Crippen LogP contribution >= 0.6 is 11.3 Å². The molecule has 3 heterocycles. The summed E-state index contributed by atoms with van der Waals surface area (Å²) in [7, 11) is 0. The van der Waals surface area contributed by atoms with Gasteiger partial charge in [-0.05, 0) is 23.9 Å². The lowest BCUT2D eigenvalue weighted by Gasteiger charge is -2.16. The van der Waals surface area contributed by atoms with Gasteiger partial charge >= 0.3 is 5.76 Å². The average Bonchev–Trinajstić information content (AvgIpc) is 3.40. The van der Waals surface area contributed by atoms with Gasteiger partial charge in [0, 0.05) is 11.4 Å². The summed E-state index contributed by atoms with van der Waals surface area (Å²) in [4.78, 5) is 37.9. The second-order valence-corrected chi connectivity index (χ2v) is 7.65. The number of benzene rings is 1. The summed E-state index contributed by atoms with van der Waals surface area (Å²) in [6.07, 6.45) is 2.13. The molecule has 1 atom stereocenters. The molecule has 4 rings (SSSR count). The number of hydrogen-bond donors (Lipinski definition) is 1. The molecular weight excluding hydrogens is 406 g/mol. The number of hydrogen-bond acceptors (Lipinski definition) is 7. The summed E-state index contributed by atoms with van der Waals surface area (Å²) >= 11 is 1.42. The van der Waals surface area contributed by atoms with Crippen molar-refractivity contribution in [2.24, 2.45) is 0 Å². The topological polar surface area (TPSA) is 112 Å². The standard InChI is InChI=1S/C20H19N5O4S/c1-2-14(11-25-20(28)29-18(23-25)16-8-5-9-30-16)22-17(26)12-24-19(27)15-7-4-3-6-13(15)10-21-24/h3-10,14H,2,11-12H2,1H3,(H,22,26)/t14-/m0/s1. The van der Waals surface area contributed by atoms with Gasteiger partial charge < -0.3 is 9.73 Å². The van der Waals surface area contributed by atoms with Crippen LogP contribution in [0.15, 0.2) is 62.0 Å². The molecule has 0 aliphatic carbocycles. The predicted octanol–water partition coefficient (Wildman–Crippen LogP) is 1.87. The molecular formula is C20H19N5O4S. The molecule has 0 aliphatic rings. The second kappa shape index (κ2) is 8.46. The normalized spacial score (nSPS) is 12.2. The van der Waals surface area contributed by atoms with Crippen LogP contribution in [0.5, 0.6) is 0 Å². The van der Waals surface area contributed by atoms with E-state index in [2.05, 4.69) is 15.5 Å². The van der Waals surface area contributed by atoms with Crippen LogP contribution in [0.3, 0.4) is 0 Å². The van der Waals surface area contributed by atoms with Crippen LogP contribution < -0.4 is 16.6 Å². The second-order valence-electron chi connectivity index (χ2n) is 6.70. The van der Waals surface area contributed by atoms with Crippen LogP contribution in [0.25, 0.3) is 21.5 Å². The van der Waals surface area contributed by atoms with Gasteiger partial charge in [-0.1, -0.05) is 31.2 Å². The van der Waals surface area contributed by atoms with Gasteiger partial charge in [-0.15, -0.1) is 16.4 Å². The predicted molar refractivity (Wildman–Crippen MR) is 112 cm³/mol. The highest BCUT2D eigenvalue weighted by Crippen LogP contribution is 2.21. The molecule has 0 spiro atoms. The molecule has 10 heteroatoms. The summed E-state index contributed by atoms with van der Waals surface area (Å²) in [5, 5.41) is 14.2. The monoisotopic (exact) mass is 425 g/mol. The highest BCUT2D eigenvalue weighted by atomic mass is 32.1. The summed E-state index contributed by atoms with van der Waals surface area (Å²) in [5.41, 5.74) is -0.329. The third-order valence-corrected chi connectivity index (χ3v) is 5.50. The molecule has 1 amide bonds. The van der Waals surface area contributed by atoms with Gasteiger partial charge in [0.2, 0.25) is 5.91 Å². The fourth-order valence-electron chi connectivity index (χ4n) is 3.06. The molecule has 0 saturated heterocycles. The molecule has 0 unspecified atom stereocenters. The van der Waals surface area contributed by atoms with Crippen molar-refractivity contribution in [3.63, 3.8) is 0 Å². The number of thiophene rings is 1. The van der Waals surface area contributed by atoms with E-state index in [-0.39, 0.29) is 36.5 Å². The largest absolute Gasteiger partial charge is 0.437 e. The minimum absolute atomic E-state index is 0.163. The Balaban J connectivity index is 1.45. The molecule has 1 aromatic carbocycles. The molecule has 9 nitrogen and oxygen atoms in total. The maximum absolute atomic E-state index is 12.5. The van der Waals surface area contributed by atoms with Crippen molar-refractivity contribution < 1.29 is 9.21 Å². The van der Waals surface area contributed by atoms with Gasteiger partial charge in [0.05, 0.1) is 23.0 Å². The highest BCUT2D eigenvalue weighted by molar-refractivity contribution is 7.13.